The number of rotatable bonds is 6. The smallest absolute Gasteiger partial charge is 0.341 e. The van der Waals surface area contributed by atoms with Crippen LogP contribution in [-0.4, -0.2) is 29.6 Å². The Morgan fingerprint density at radius 3 is 2.26 bits per heavy atom. The molecule has 1 heterocycles. The third-order valence-electron chi connectivity index (χ3n) is 7.34. The number of anilines is 1. The number of carboxylic acid groups (broad SMARTS) is 1. The van der Waals surface area contributed by atoms with Gasteiger partial charge in [-0.25, -0.2) is 4.79 Å². The molecule has 4 rings (SSSR count). The lowest BCUT2D eigenvalue weighted by atomic mass is 9.78. The van der Waals surface area contributed by atoms with Crippen LogP contribution in [0.2, 0.25) is 0 Å². The quantitative estimate of drug-likeness (QED) is 0.500. The van der Waals surface area contributed by atoms with Crippen molar-refractivity contribution in [3.8, 4) is 11.1 Å². The van der Waals surface area contributed by atoms with Crippen LogP contribution < -0.4 is 5.32 Å². The number of ether oxygens (including phenoxy) is 1. The predicted molar refractivity (Wildman–Crippen MR) is 133 cm³/mol. The van der Waals surface area contributed by atoms with E-state index in [1.54, 1.807) is 6.92 Å². The van der Waals surface area contributed by atoms with Gasteiger partial charge in [0.25, 0.3) is 0 Å². The molecule has 0 spiro atoms. The van der Waals surface area contributed by atoms with Crippen molar-refractivity contribution >= 4 is 34.2 Å². The van der Waals surface area contributed by atoms with Gasteiger partial charge in [0.05, 0.1) is 18.4 Å². The van der Waals surface area contributed by atoms with Crippen molar-refractivity contribution in [1.82, 2.24) is 0 Å². The minimum Gasteiger partial charge on any atom is -0.481 e. The number of carboxylic acids is 1. The topological polar surface area (TPSA) is 92.7 Å². The number of nitrogens with one attached hydrogen (secondary N) is 1. The standard InChI is InChI=1S/C27H33NO5S/c1-6-33-26(32)22-19(15-9-11-18(12-10-15)27(3,4)5)14(2)34-24(22)28-23(29)20-16-7-8-17(13-16)21(20)25(30)31/h9-12,16-17,20-21H,6-8,13H2,1-5H3,(H,28,29)(H,30,31). The summed E-state index contributed by atoms with van der Waals surface area (Å²) in [5.41, 5.74) is 3.17. The molecule has 1 aromatic heterocycles. The molecule has 182 valence electrons. The van der Waals surface area contributed by atoms with Crippen molar-refractivity contribution in [2.75, 3.05) is 11.9 Å². The van der Waals surface area contributed by atoms with Gasteiger partial charge in [0.2, 0.25) is 5.91 Å². The molecule has 0 saturated heterocycles. The molecular formula is C27H33NO5S. The van der Waals surface area contributed by atoms with E-state index in [-0.39, 0.29) is 29.8 Å². The summed E-state index contributed by atoms with van der Waals surface area (Å²) >= 11 is 1.34. The Morgan fingerprint density at radius 1 is 1.09 bits per heavy atom. The molecule has 7 heteroatoms. The molecule has 2 N–H and O–H groups in total. The van der Waals surface area contributed by atoms with Crippen LogP contribution in [0, 0.1) is 30.6 Å². The van der Waals surface area contributed by atoms with E-state index in [0.29, 0.717) is 10.6 Å². The summed E-state index contributed by atoms with van der Waals surface area (Å²) < 4.78 is 5.36. The molecule has 2 aliphatic rings. The minimum absolute atomic E-state index is 0.00662. The highest BCUT2D eigenvalue weighted by atomic mass is 32.1. The fraction of sp³-hybridized carbons (Fsp3) is 0.519. The van der Waals surface area contributed by atoms with Crippen molar-refractivity contribution < 1.29 is 24.2 Å². The van der Waals surface area contributed by atoms with Gasteiger partial charge in [0, 0.05) is 10.4 Å². The molecule has 2 saturated carbocycles. The second-order valence-corrected chi connectivity index (χ2v) is 11.7. The van der Waals surface area contributed by atoms with Crippen LogP contribution >= 0.6 is 11.3 Å². The van der Waals surface area contributed by atoms with E-state index in [4.69, 9.17) is 4.74 Å². The maximum absolute atomic E-state index is 13.3. The fourth-order valence-electron chi connectivity index (χ4n) is 5.73. The molecule has 1 amide bonds. The van der Waals surface area contributed by atoms with Gasteiger partial charge in [-0.3, -0.25) is 9.59 Å². The Balaban J connectivity index is 1.70. The van der Waals surface area contributed by atoms with Gasteiger partial charge in [-0.1, -0.05) is 45.0 Å². The fourth-order valence-corrected chi connectivity index (χ4v) is 6.80. The Morgan fingerprint density at radius 2 is 1.71 bits per heavy atom. The number of hydrogen-bond acceptors (Lipinski definition) is 5. The average molecular weight is 484 g/mol. The Hall–Kier alpha value is -2.67. The van der Waals surface area contributed by atoms with Gasteiger partial charge >= 0.3 is 11.9 Å². The van der Waals surface area contributed by atoms with Crippen LogP contribution in [0.4, 0.5) is 5.00 Å². The maximum Gasteiger partial charge on any atom is 0.341 e. The van der Waals surface area contributed by atoms with Crippen LogP contribution in [0.1, 0.15) is 67.8 Å². The molecule has 2 bridgehead atoms. The van der Waals surface area contributed by atoms with Gasteiger partial charge in [-0.15, -0.1) is 11.3 Å². The SMILES string of the molecule is CCOC(=O)c1c(NC(=O)C2C3CCC(C3)C2C(=O)O)sc(C)c1-c1ccc(C(C)(C)C)cc1. The highest BCUT2D eigenvalue weighted by Crippen LogP contribution is 2.53. The number of benzene rings is 1. The molecule has 2 aliphatic carbocycles. The van der Waals surface area contributed by atoms with Crippen LogP contribution in [0.25, 0.3) is 11.1 Å². The van der Waals surface area contributed by atoms with E-state index in [1.807, 2.05) is 19.1 Å². The maximum atomic E-state index is 13.3. The van der Waals surface area contributed by atoms with Crippen molar-refractivity contribution in [3.63, 3.8) is 0 Å². The van der Waals surface area contributed by atoms with Crippen LogP contribution in [-0.2, 0) is 19.7 Å². The second kappa shape index (κ2) is 9.17. The molecule has 0 aliphatic heterocycles. The van der Waals surface area contributed by atoms with Crippen LogP contribution in [0.5, 0.6) is 0 Å². The van der Waals surface area contributed by atoms with Gasteiger partial charge in [0.1, 0.15) is 10.6 Å². The lowest BCUT2D eigenvalue weighted by Crippen LogP contribution is -2.37. The summed E-state index contributed by atoms with van der Waals surface area (Å²) in [6.07, 6.45) is 2.53. The number of aryl methyl sites for hydroxylation is 1. The molecular weight excluding hydrogens is 450 g/mol. The Labute approximate surface area is 204 Å². The molecule has 1 aromatic carbocycles. The normalized spacial score (nSPS) is 23.7. The number of amides is 1. The molecule has 34 heavy (non-hydrogen) atoms. The third-order valence-corrected chi connectivity index (χ3v) is 8.37. The number of aliphatic carboxylic acids is 1. The van der Waals surface area contributed by atoms with E-state index in [2.05, 4.69) is 38.2 Å². The molecule has 4 unspecified atom stereocenters. The highest BCUT2D eigenvalue weighted by molar-refractivity contribution is 7.17. The van der Waals surface area contributed by atoms with Gasteiger partial charge in [-0.2, -0.15) is 0 Å². The van der Waals surface area contributed by atoms with E-state index in [0.717, 1.165) is 35.3 Å². The summed E-state index contributed by atoms with van der Waals surface area (Å²) in [5, 5.41) is 13.1. The first-order valence-electron chi connectivity index (χ1n) is 12.0. The van der Waals surface area contributed by atoms with E-state index in [9.17, 15) is 19.5 Å². The number of carbonyl (C=O) groups excluding carboxylic acids is 2. The van der Waals surface area contributed by atoms with Crippen molar-refractivity contribution in [1.29, 1.82) is 0 Å². The Bertz CT molecular complexity index is 1110. The van der Waals surface area contributed by atoms with Crippen molar-refractivity contribution in [2.45, 2.75) is 59.3 Å². The van der Waals surface area contributed by atoms with Crippen LogP contribution in [0.15, 0.2) is 24.3 Å². The van der Waals surface area contributed by atoms with Crippen molar-refractivity contribution in [2.24, 2.45) is 23.7 Å². The number of hydrogen-bond donors (Lipinski definition) is 2. The van der Waals surface area contributed by atoms with Gasteiger partial charge < -0.3 is 15.2 Å². The van der Waals surface area contributed by atoms with Gasteiger partial charge in [-0.05, 0) is 61.5 Å². The summed E-state index contributed by atoms with van der Waals surface area (Å²) in [4.78, 5) is 39.2. The lowest BCUT2D eigenvalue weighted by Gasteiger charge is -2.27. The number of fused-ring (bicyclic) bond motifs is 2. The zero-order valence-electron chi connectivity index (χ0n) is 20.4. The Kier molecular flexibility index (Phi) is 6.60. The number of carbonyl (C=O) groups is 3. The first kappa shape index (κ1) is 24.5. The number of thiophene rings is 1. The van der Waals surface area contributed by atoms with Crippen molar-refractivity contribution in [3.05, 3.63) is 40.3 Å². The van der Waals surface area contributed by atoms with E-state index in [1.165, 1.54) is 16.9 Å². The predicted octanol–water partition coefficient (Wildman–Crippen LogP) is 5.88. The number of esters is 1. The van der Waals surface area contributed by atoms with Gasteiger partial charge in [0.15, 0.2) is 0 Å². The average Bonchev–Trinajstić information content (AvgIpc) is 3.46. The molecule has 2 aromatic rings. The highest BCUT2D eigenvalue weighted by Gasteiger charge is 2.54. The first-order valence-corrected chi connectivity index (χ1v) is 12.8. The zero-order valence-corrected chi connectivity index (χ0v) is 21.3. The van der Waals surface area contributed by atoms with E-state index < -0.39 is 23.8 Å². The summed E-state index contributed by atoms with van der Waals surface area (Å²) in [7, 11) is 0. The third kappa shape index (κ3) is 4.38. The van der Waals surface area contributed by atoms with E-state index >= 15 is 0 Å². The second-order valence-electron chi connectivity index (χ2n) is 10.5. The lowest BCUT2D eigenvalue weighted by molar-refractivity contribution is -0.148. The summed E-state index contributed by atoms with van der Waals surface area (Å²) in [6.45, 7) is 10.3. The summed E-state index contributed by atoms with van der Waals surface area (Å²) in [5.74, 6) is -2.77. The minimum atomic E-state index is -0.903. The first-order chi connectivity index (χ1) is 16.0. The molecule has 0 radical (unpaired) electrons. The summed E-state index contributed by atoms with van der Waals surface area (Å²) in [6, 6.07) is 8.12. The molecule has 6 nitrogen and oxygen atoms in total. The monoisotopic (exact) mass is 483 g/mol. The largest absolute Gasteiger partial charge is 0.481 e. The molecule has 4 atom stereocenters. The zero-order chi connectivity index (χ0) is 24.8. The van der Waals surface area contributed by atoms with Crippen LogP contribution in [0.3, 0.4) is 0 Å². The molecule has 2 fully saturated rings.